The van der Waals surface area contributed by atoms with Gasteiger partial charge in [-0.15, -0.1) is 0 Å². The van der Waals surface area contributed by atoms with Crippen LogP contribution in [0.4, 0.5) is 11.4 Å². The van der Waals surface area contributed by atoms with Gasteiger partial charge in [-0.05, 0) is 35.9 Å². The van der Waals surface area contributed by atoms with Crippen LogP contribution in [0.25, 0.3) is 0 Å². The van der Waals surface area contributed by atoms with Crippen molar-refractivity contribution < 1.29 is 14.4 Å². The van der Waals surface area contributed by atoms with E-state index in [1.807, 2.05) is 48.5 Å². The topological polar surface area (TPSA) is 87.3 Å². The summed E-state index contributed by atoms with van der Waals surface area (Å²) in [4.78, 5) is 38.6. The van der Waals surface area contributed by atoms with Gasteiger partial charge in [-0.25, -0.2) is 0 Å². The molecule has 172 valence electrons. The van der Waals surface area contributed by atoms with E-state index in [1.165, 1.54) is 0 Å². The fourth-order valence-electron chi connectivity index (χ4n) is 3.67. The monoisotopic (exact) mass is 491 g/mol. The molecule has 4 rings (SSSR count). The number of carbonyl (C=O) groups excluding carboxylic acids is 3. The Hall–Kier alpha value is -3.55. The van der Waals surface area contributed by atoms with Gasteiger partial charge in [0, 0.05) is 28.7 Å². The summed E-state index contributed by atoms with van der Waals surface area (Å²) < 4.78 is 0. The van der Waals surface area contributed by atoms with E-state index in [2.05, 4.69) is 16.0 Å². The quantitative estimate of drug-likeness (QED) is 0.425. The molecule has 3 amide bonds. The number of carbonyl (C=O) groups is 3. The Morgan fingerprint density at radius 3 is 2.12 bits per heavy atom. The van der Waals surface area contributed by atoms with Crippen LogP contribution in [0.15, 0.2) is 95.5 Å². The summed E-state index contributed by atoms with van der Waals surface area (Å²) in [5.74, 6) is -1.39. The first-order valence-corrected chi connectivity index (χ1v) is 12.0. The maximum atomic E-state index is 13.4. The molecule has 0 aromatic heterocycles. The molecule has 6 nitrogen and oxygen atoms in total. The fourth-order valence-corrected chi connectivity index (χ4v) is 4.86. The van der Waals surface area contributed by atoms with Crippen LogP contribution < -0.4 is 16.0 Å². The van der Waals surface area contributed by atoms with Gasteiger partial charge in [0.15, 0.2) is 0 Å². The third kappa shape index (κ3) is 5.87. The molecule has 0 fully saturated rings. The highest BCUT2D eigenvalue weighted by atomic mass is 35.5. The summed E-state index contributed by atoms with van der Waals surface area (Å²) in [6.07, 6.45) is 0.0710. The zero-order valence-electron chi connectivity index (χ0n) is 18.1. The summed E-state index contributed by atoms with van der Waals surface area (Å²) in [5, 5.41) is 9.32. The molecule has 1 atom stereocenters. The van der Waals surface area contributed by atoms with E-state index in [-0.39, 0.29) is 29.9 Å². The van der Waals surface area contributed by atoms with Crippen molar-refractivity contribution in [2.75, 3.05) is 16.4 Å². The summed E-state index contributed by atoms with van der Waals surface area (Å²) in [6.45, 7) is 0. The average Bonchev–Trinajstić information content (AvgIpc) is 2.84. The van der Waals surface area contributed by atoms with E-state index < -0.39 is 5.92 Å². The van der Waals surface area contributed by atoms with E-state index in [0.29, 0.717) is 32.6 Å². The van der Waals surface area contributed by atoms with Crippen LogP contribution in [0.5, 0.6) is 0 Å². The summed E-state index contributed by atoms with van der Waals surface area (Å²) in [6, 6.07) is 25.3. The van der Waals surface area contributed by atoms with Gasteiger partial charge in [-0.2, -0.15) is 0 Å². The minimum atomic E-state index is -0.550. The Bertz CT molecular complexity index is 1230. The SMILES string of the molecule is O=C1C[C@H](c2ccccc2Cl)C(C(=O)Nc2ccccc2)=C(SCC(=O)Nc2ccccc2)N1. The number of para-hydroxylation sites is 2. The van der Waals surface area contributed by atoms with Gasteiger partial charge in [0.1, 0.15) is 0 Å². The van der Waals surface area contributed by atoms with Crippen LogP contribution >= 0.6 is 23.4 Å². The van der Waals surface area contributed by atoms with Crippen molar-refractivity contribution in [3.05, 3.63) is 106 Å². The first-order valence-electron chi connectivity index (χ1n) is 10.6. The van der Waals surface area contributed by atoms with E-state index in [1.54, 1.807) is 36.4 Å². The normalized spacial score (nSPS) is 15.4. The first kappa shape index (κ1) is 23.6. The van der Waals surface area contributed by atoms with E-state index >= 15 is 0 Å². The molecule has 0 bridgehead atoms. The molecule has 0 aliphatic carbocycles. The molecule has 1 aliphatic rings. The van der Waals surface area contributed by atoms with Crippen molar-refractivity contribution in [3.8, 4) is 0 Å². The molecule has 1 aliphatic heterocycles. The number of benzene rings is 3. The molecule has 0 saturated heterocycles. The standard InChI is InChI=1S/C26H22ClN3O3S/c27-21-14-8-7-13-19(21)20-15-22(31)30-26(24(20)25(33)29-18-11-5-2-6-12-18)34-16-23(32)28-17-9-3-1-4-10-17/h1-14,20H,15-16H2,(H,28,32)(H,29,33)(H,30,31)/t20-/m1/s1. The highest BCUT2D eigenvalue weighted by molar-refractivity contribution is 8.03. The van der Waals surface area contributed by atoms with Crippen LogP contribution in [0.3, 0.4) is 0 Å². The summed E-state index contributed by atoms with van der Waals surface area (Å²) in [5.41, 5.74) is 2.35. The molecule has 1 heterocycles. The van der Waals surface area contributed by atoms with Gasteiger partial charge in [0.25, 0.3) is 5.91 Å². The number of rotatable bonds is 7. The van der Waals surface area contributed by atoms with Crippen molar-refractivity contribution in [1.29, 1.82) is 0 Å². The van der Waals surface area contributed by atoms with Gasteiger partial charge in [-0.1, -0.05) is 78.0 Å². The Morgan fingerprint density at radius 2 is 1.47 bits per heavy atom. The molecular weight excluding hydrogens is 470 g/mol. The van der Waals surface area contributed by atoms with Gasteiger partial charge in [0.05, 0.1) is 16.4 Å². The number of anilines is 2. The van der Waals surface area contributed by atoms with Gasteiger partial charge in [0.2, 0.25) is 11.8 Å². The highest BCUT2D eigenvalue weighted by Gasteiger charge is 2.35. The number of hydrogen-bond acceptors (Lipinski definition) is 4. The fraction of sp³-hybridized carbons (Fsp3) is 0.115. The number of halogens is 1. The second-order valence-electron chi connectivity index (χ2n) is 7.59. The predicted octanol–water partition coefficient (Wildman–Crippen LogP) is 5.17. The molecule has 0 unspecified atom stereocenters. The van der Waals surface area contributed by atoms with Crippen LogP contribution in [0, 0.1) is 0 Å². The van der Waals surface area contributed by atoms with E-state index in [9.17, 15) is 14.4 Å². The summed E-state index contributed by atoms with van der Waals surface area (Å²) >= 11 is 7.56. The molecule has 0 spiro atoms. The van der Waals surface area contributed by atoms with Gasteiger partial charge < -0.3 is 16.0 Å². The number of hydrogen-bond donors (Lipinski definition) is 3. The minimum Gasteiger partial charge on any atom is -0.325 e. The molecule has 8 heteroatoms. The lowest BCUT2D eigenvalue weighted by atomic mass is 9.86. The van der Waals surface area contributed by atoms with E-state index in [4.69, 9.17) is 11.6 Å². The molecule has 3 N–H and O–H groups in total. The zero-order chi connectivity index (χ0) is 23.9. The molecule has 3 aromatic rings. The molecular formula is C26H22ClN3O3S. The Kier molecular flexibility index (Phi) is 7.67. The maximum absolute atomic E-state index is 13.4. The maximum Gasteiger partial charge on any atom is 0.254 e. The predicted molar refractivity (Wildman–Crippen MR) is 137 cm³/mol. The zero-order valence-corrected chi connectivity index (χ0v) is 19.7. The first-order chi connectivity index (χ1) is 16.5. The minimum absolute atomic E-state index is 0.0157. The van der Waals surface area contributed by atoms with Crippen LogP contribution in [0.1, 0.15) is 17.9 Å². The molecule has 34 heavy (non-hydrogen) atoms. The lowest BCUT2D eigenvalue weighted by Crippen LogP contribution is -2.36. The second-order valence-corrected chi connectivity index (χ2v) is 8.99. The third-order valence-corrected chi connectivity index (χ3v) is 6.56. The second kappa shape index (κ2) is 11.0. The Morgan fingerprint density at radius 1 is 0.882 bits per heavy atom. The lowest BCUT2D eigenvalue weighted by Gasteiger charge is -2.28. The molecule has 3 aromatic carbocycles. The van der Waals surface area contributed by atoms with Gasteiger partial charge in [-0.3, -0.25) is 14.4 Å². The van der Waals surface area contributed by atoms with E-state index in [0.717, 1.165) is 11.8 Å². The largest absolute Gasteiger partial charge is 0.325 e. The van der Waals surface area contributed by atoms with Crippen LogP contribution in [0.2, 0.25) is 5.02 Å². The lowest BCUT2D eigenvalue weighted by molar-refractivity contribution is -0.121. The van der Waals surface area contributed by atoms with Crippen molar-refractivity contribution in [2.45, 2.75) is 12.3 Å². The van der Waals surface area contributed by atoms with Crippen LogP contribution in [-0.2, 0) is 14.4 Å². The number of nitrogens with one attached hydrogen (secondary N) is 3. The third-order valence-electron chi connectivity index (χ3n) is 5.20. The summed E-state index contributed by atoms with van der Waals surface area (Å²) in [7, 11) is 0. The van der Waals surface area contributed by atoms with Gasteiger partial charge >= 0.3 is 0 Å². The number of thioether (sulfide) groups is 1. The van der Waals surface area contributed by atoms with Crippen LogP contribution in [-0.4, -0.2) is 23.5 Å². The highest BCUT2D eigenvalue weighted by Crippen LogP contribution is 2.39. The Balaban J connectivity index is 1.64. The van der Waals surface area contributed by atoms with Crippen molar-refractivity contribution in [2.24, 2.45) is 0 Å². The average molecular weight is 492 g/mol. The molecule has 0 radical (unpaired) electrons. The van der Waals surface area contributed by atoms with Crippen molar-refractivity contribution in [3.63, 3.8) is 0 Å². The van der Waals surface area contributed by atoms with Crippen molar-refractivity contribution >= 4 is 52.5 Å². The molecule has 0 saturated carbocycles. The van der Waals surface area contributed by atoms with Crippen molar-refractivity contribution in [1.82, 2.24) is 5.32 Å². The Labute approximate surface area is 206 Å². The number of amides is 3. The smallest absolute Gasteiger partial charge is 0.254 e.